The molecule has 8 heteroatoms. The molecule has 0 saturated carbocycles. The Bertz CT molecular complexity index is 955. The molecule has 2 heterocycles. The van der Waals surface area contributed by atoms with Crippen LogP contribution in [0.15, 0.2) is 54.6 Å². The van der Waals surface area contributed by atoms with Gasteiger partial charge in [0.05, 0.1) is 12.6 Å². The first-order valence-corrected chi connectivity index (χ1v) is 9.14. The van der Waals surface area contributed by atoms with Crippen molar-refractivity contribution in [3.05, 3.63) is 60.2 Å². The largest absolute Gasteiger partial charge is 0.463 e. The molecule has 0 radical (unpaired) electrons. The molecule has 1 fully saturated rings. The molecule has 1 unspecified atom stereocenters. The molecule has 0 aliphatic carbocycles. The number of ether oxygens (including phenoxy) is 2. The van der Waals surface area contributed by atoms with E-state index >= 15 is 0 Å². The highest BCUT2D eigenvalue weighted by Gasteiger charge is 2.44. The van der Waals surface area contributed by atoms with Crippen molar-refractivity contribution in [1.29, 1.82) is 0 Å². The number of amides is 1. The fourth-order valence-electron chi connectivity index (χ4n) is 3.34. The minimum absolute atomic E-state index is 0.183. The van der Waals surface area contributed by atoms with Crippen LogP contribution in [-0.4, -0.2) is 51.2 Å². The Morgan fingerprint density at radius 3 is 2.43 bits per heavy atom. The molecule has 4 rings (SSSR count). The molecule has 2 atom stereocenters. The number of carbonyl (C=O) groups excluding carboxylic acids is 2. The van der Waals surface area contributed by atoms with Crippen LogP contribution in [0.5, 0.6) is 0 Å². The Morgan fingerprint density at radius 1 is 1.14 bits per heavy atom. The van der Waals surface area contributed by atoms with E-state index in [1.54, 1.807) is 19.1 Å². The zero-order chi connectivity index (χ0) is 19.5. The summed E-state index contributed by atoms with van der Waals surface area (Å²) in [6.45, 7) is 2.08. The van der Waals surface area contributed by atoms with Crippen LogP contribution < -0.4 is 0 Å². The molecule has 2 aromatic carbocycles. The molecule has 1 saturated heterocycles. The lowest BCUT2D eigenvalue weighted by Crippen LogP contribution is -2.46. The number of nitrogens with zero attached hydrogens (tertiary/aromatic N) is 4. The zero-order valence-electron chi connectivity index (χ0n) is 15.4. The van der Waals surface area contributed by atoms with Gasteiger partial charge in [0.15, 0.2) is 0 Å². The van der Waals surface area contributed by atoms with Crippen LogP contribution in [0.1, 0.15) is 18.7 Å². The fraction of sp³-hybridized carbons (Fsp3) is 0.300. The third-order valence-corrected chi connectivity index (χ3v) is 4.60. The standard InChI is InChI=1S/C20H20N4O4/c1-2-27-19(25)18(24-21-16-10-6-7-11-17(16)22-24)23-15(13-28-20(23)26)12-14-8-4-3-5-9-14/h3-11,15,18H,2,12-13H2,1H3/t15-,18?/m0/s1. The number of cyclic esters (lactones) is 1. The van der Waals surface area contributed by atoms with Gasteiger partial charge in [0, 0.05) is 0 Å². The molecular weight excluding hydrogens is 360 g/mol. The van der Waals surface area contributed by atoms with E-state index in [-0.39, 0.29) is 19.3 Å². The molecule has 144 valence electrons. The molecule has 3 aromatic rings. The monoisotopic (exact) mass is 380 g/mol. The highest BCUT2D eigenvalue weighted by molar-refractivity contribution is 5.81. The van der Waals surface area contributed by atoms with Gasteiger partial charge in [-0.25, -0.2) is 9.59 Å². The van der Waals surface area contributed by atoms with Crippen molar-refractivity contribution < 1.29 is 19.1 Å². The quantitative estimate of drug-likeness (QED) is 0.611. The molecule has 8 nitrogen and oxygen atoms in total. The summed E-state index contributed by atoms with van der Waals surface area (Å²) in [6.07, 6.45) is -1.17. The van der Waals surface area contributed by atoms with Crippen molar-refractivity contribution in [2.45, 2.75) is 25.6 Å². The third kappa shape index (κ3) is 3.40. The number of esters is 1. The minimum Gasteiger partial charge on any atom is -0.463 e. The van der Waals surface area contributed by atoms with Crippen molar-refractivity contribution in [3.8, 4) is 0 Å². The Kier molecular flexibility index (Phi) is 4.92. The lowest BCUT2D eigenvalue weighted by Gasteiger charge is -2.28. The van der Waals surface area contributed by atoms with E-state index in [0.717, 1.165) is 5.56 Å². The number of hydrogen-bond acceptors (Lipinski definition) is 6. The van der Waals surface area contributed by atoms with Crippen LogP contribution in [0.2, 0.25) is 0 Å². The molecule has 1 amide bonds. The topological polar surface area (TPSA) is 86.5 Å². The van der Waals surface area contributed by atoms with Gasteiger partial charge in [-0.15, -0.1) is 4.80 Å². The van der Waals surface area contributed by atoms with Crippen LogP contribution >= 0.6 is 0 Å². The maximum absolute atomic E-state index is 12.8. The Morgan fingerprint density at radius 2 is 1.79 bits per heavy atom. The SMILES string of the molecule is CCOC(=O)C(N1C(=O)OC[C@@H]1Cc1ccccc1)n1nc2ccccc2n1. The summed E-state index contributed by atoms with van der Waals surface area (Å²) in [7, 11) is 0. The molecule has 1 aliphatic heterocycles. The number of rotatable bonds is 6. The Balaban J connectivity index is 1.71. The summed E-state index contributed by atoms with van der Waals surface area (Å²) in [5, 5.41) is 8.78. The summed E-state index contributed by atoms with van der Waals surface area (Å²) < 4.78 is 10.5. The summed E-state index contributed by atoms with van der Waals surface area (Å²) in [6, 6.07) is 16.7. The summed E-state index contributed by atoms with van der Waals surface area (Å²) in [4.78, 5) is 27.9. The number of aromatic nitrogens is 3. The molecule has 1 aromatic heterocycles. The van der Waals surface area contributed by atoms with Gasteiger partial charge >= 0.3 is 12.1 Å². The summed E-state index contributed by atoms with van der Waals surface area (Å²) in [5.74, 6) is -0.597. The zero-order valence-corrected chi connectivity index (χ0v) is 15.4. The van der Waals surface area contributed by atoms with Crippen LogP contribution in [-0.2, 0) is 20.7 Å². The second-order valence-electron chi connectivity index (χ2n) is 6.46. The lowest BCUT2D eigenvalue weighted by atomic mass is 10.1. The Labute approximate surface area is 161 Å². The number of fused-ring (bicyclic) bond motifs is 1. The summed E-state index contributed by atoms with van der Waals surface area (Å²) in [5.41, 5.74) is 2.30. The third-order valence-electron chi connectivity index (χ3n) is 4.60. The number of hydrogen-bond donors (Lipinski definition) is 0. The van der Waals surface area contributed by atoms with Crippen LogP contribution in [0, 0.1) is 0 Å². The van der Waals surface area contributed by atoms with Crippen LogP contribution in [0.4, 0.5) is 4.79 Å². The van der Waals surface area contributed by atoms with E-state index in [0.29, 0.717) is 17.5 Å². The van der Waals surface area contributed by atoms with E-state index in [1.807, 2.05) is 42.5 Å². The molecule has 1 aliphatic rings. The highest BCUT2D eigenvalue weighted by Crippen LogP contribution is 2.27. The van der Waals surface area contributed by atoms with Crippen molar-refractivity contribution in [3.63, 3.8) is 0 Å². The smallest absolute Gasteiger partial charge is 0.412 e. The van der Waals surface area contributed by atoms with Crippen molar-refractivity contribution in [1.82, 2.24) is 19.9 Å². The average molecular weight is 380 g/mol. The average Bonchev–Trinajstić information content (AvgIpc) is 3.28. The van der Waals surface area contributed by atoms with Crippen molar-refractivity contribution >= 4 is 23.1 Å². The first kappa shape index (κ1) is 18.0. The van der Waals surface area contributed by atoms with Crippen molar-refractivity contribution in [2.24, 2.45) is 0 Å². The fourth-order valence-corrected chi connectivity index (χ4v) is 3.34. The molecular formula is C20H20N4O4. The van der Waals surface area contributed by atoms with Gasteiger partial charge in [-0.05, 0) is 31.0 Å². The normalized spacial score (nSPS) is 17.5. The predicted octanol–water partition coefficient (Wildman–Crippen LogP) is 2.56. The van der Waals surface area contributed by atoms with E-state index in [4.69, 9.17) is 9.47 Å². The number of benzene rings is 2. The van der Waals surface area contributed by atoms with E-state index in [1.165, 1.54) is 9.70 Å². The molecule has 0 spiro atoms. The maximum Gasteiger partial charge on any atom is 0.412 e. The van der Waals surface area contributed by atoms with Gasteiger partial charge in [-0.2, -0.15) is 10.2 Å². The first-order valence-electron chi connectivity index (χ1n) is 9.14. The second kappa shape index (κ2) is 7.67. The van der Waals surface area contributed by atoms with Crippen LogP contribution in [0.3, 0.4) is 0 Å². The van der Waals surface area contributed by atoms with Gasteiger partial charge < -0.3 is 9.47 Å². The van der Waals surface area contributed by atoms with E-state index in [9.17, 15) is 9.59 Å². The number of carbonyl (C=O) groups is 2. The maximum atomic E-state index is 12.8. The van der Waals surface area contributed by atoms with E-state index < -0.39 is 18.2 Å². The molecule has 0 bridgehead atoms. The van der Waals surface area contributed by atoms with Gasteiger partial charge in [0.2, 0.25) is 6.17 Å². The molecule has 28 heavy (non-hydrogen) atoms. The van der Waals surface area contributed by atoms with Gasteiger partial charge in [-0.3, -0.25) is 4.90 Å². The van der Waals surface area contributed by atoms with Gasteiger partial charge in [0.1, 0.15) is 17.6 Å². The lowest BCUT2D eigenvalue weighted by molar-refractivity contribution is -0.153. The van der Waals surface area contributed by atoms with Gasteiger partial charge in [-0.1, -0.05) is 42.5 Å². The first-order chi connectivity index (χ1) is 13.7. The van der Waals surface area contributed by atoms with Crippen LogP contribution in [0.25, 0.3) is 11.0 Å². The second-order valence-corrected chi connectivity index (χ2v) is 6.46. The summed E-state index contributed by atoms with van der Waals surface area (Å²) >= 11 is 0. The van der Waals surface area contributed by atoms with Crippen molar-refractivity contribution in [2.75, 3.05) is 13.2 Å². The minimum atomic E-state index is -1.13. The molecule has 0 N–H and O–H groups in total. The Hall–Kier alpha value is -3.42. The predicted molar refractivity (Wildman–Crippen MR) is 100 cm³/mol. The highest BCUT2D eigenvalue weighted by atomic mass is 16.6. The van der Waals surface area contributed by atoms with Gasteiger partial charge in [0.25, 0.3) is 0 Å². The van der Waals surface area contributed by atoms with E-state index in [2.05, 4.69) is 10.2 Å².